The van der Waals surface area contributed by atoms with Crippen molar-refractivity contribution in [1.29, 1.82) is 0 Å². The molecule has 0 spiro atoms. The summed E-state index contributed by atoms with van der Waals surface area (Å²) in [6.45, 7) is 1.60. The molecule has 27 heavy (non-hydrogen) atoms. The van der Waals surface area contributed by atoms with Crippen molar-refractivity contribution < 1.29 is 19.1 Å². The molecule has 1 N–H and O–H groups in total. The number of aromatic nitrogens is 3. The summed E-state index contributed by atoms with van der Waals surface area (Å²) < 4.78 is 11.9. The van der Waals surface area contributed by atoms with Gasteiger partial charge < -0.3 is 14.8 Å². The van der Waals surface area contributed by atoms with Crippen molar-refractivity contribution in [3.05, 3.63) is 51.4 Å². The number of hydrogen-bond acceptors (Lipinski definition) is 8. The first-order valence-corrected chi connectivity index (χ1v) is 8.90. The van der Waals surface area contributed by atoms with E-state index in [0.29, 0.717) is 27.1 Å². The van der Waals surface area contributed by atoms with Gasteiger partial charge in [-0.3, -0.25) is 14.4 Å². The Bertz CT molecular complexity index is 1110. The minimum Gasteiger partial charge on any atom is -0.478 e. The predicted molar refractivity (Wildman–Crippen MR) is 95.8 cm³/mol. The molecular formula is C17H14N4O5S. The maximum absolute atomic E-state index is 12.1. The van der Waals surface area contributed by atoms with Crippen LogP contribution in [0.4, 0.5) is 5.69 Å². The molecule has 0 bridgehead atoms. The number of para-hydroxylation sites is 2. The third-order valence-corrected chi connectivity index (χ3v) is 4.71. The van der Waals surface area contributed by atoms with Gasteiger partial charge in [-0.25, -0.2) is 4.98 Å². The van der Waals surface area contributed by atoms with E-state index < -0.39 is 18.0 Å². The van der Waals surface area contributed by atoms with Crippen LogP contribution >= 0.6 is 11.3 Å². The average molecular weight is 386 g/mol. The van der Waals surface area contributed by atoms with Crippen molar-refractivity contribution in [1.82, 2.24) is 14.6 Å². The van der Waals surface area contributed by atoms with Crippen LogP contribution in [0.25, 0.3) is 4.96 Å². The van der Waals surface area contributed by atoms with E-state index >= 15 is 0 Å². The molecule has 3 aromatic rings. The van der Waals surface area contributed by atoms with Crippen molar-refractivity contribution in [2.75, 3.05) is 5.32 Å². The molecule has 1 aliphatic heterocycles. The van der Waals surface area contributed by atoms with Gasteiger partial charge in [-0.1, -0.05) is 23.5 Å². The number of anilines is 1. The molecule has 1 amide bonds. The second kappa shape index (κ2) is 6.80. The molecule has 2 aromatic heterocycles. The number of carbonyl (C=O) groups is 2. The molecule has 9 nitrogen and oxygen atoms in total. The second-order valence-corrected chi connectivity index (χ2v) is 6.92. The highest BCUT2D eigenvalue weighted by atomic mass is 32.1. The zero-order chi connectivity index (χ0) is 19.0. The summed E-state index contributed by atoms with van der Waals surface area (Å²) in [5.74, 6) is -0.510. The van der Waals surface area contributed by atoms with E-state index in [1.165, 1.54) is 6.07 Å². The average Bonchev–Trinajstić information content (AvgIpc) is 3.04. The van der Waals surface area contributed by atoms with Crippen LogP contribution < -0.4 is 15.6 Å². The fourth-order valence-electron chi connectivity index (χ4n) is 2.60. The fraction of sp³-hybridized carbons (Fsp3) is 0.235. The number of esters is 1. The van der Waals surface area contributed by atoms with Crippen LogP contribution in [-0.4, -0.2) is 32.6 Å². The van der Waals surface area contributed by atoms with Crippen LogP contribution in [0.15, 0.2) is 35.1 Å². The topological polar surface area (TPSA) is 112 Å². The Kier molecular flexibility index (Phi) is 4.32. The lowest BCUT2D eigenvalue weighted by Crippen LogP contribution is -2.38. The maximum Gasteiger partial charge on any atom is 0.310 e. The Morgan fingerprint density at radius 2 is 2.19 bits per heavy atom. The predicted octanol–water partition coefficient (Wildman–Crippen LogP) is 1.29. The molecule has 0 saturated carbocycles. The van der Waals surface area contributed by atoms with E-state index in [2.05, 4.69) is 15.4 Å². The lowest BCUT2D eigenvalue weighted by atomic mass is 10.1. The molecule has 1 atom stereocenters. The first kappa shape index (κ1) is 17.2. The summed E-state index contributed by atoms with van der Waals surface area (Å²) in [4.78, 5) is 40.6. The molecule has 10 heteroatoms. The molecule has 0 radical (unpaired) electrons. The van der Waals surface area contributed by atoms with Crippen molar-refractivity contribution in [3.63, 3.8) is 0 Å². The van der Waals surface area contributed by atoms with Gasteiger partial charge >= 0.3 is 5.97 Å². The van der Waals surface area contributed by atoms with Crippen molar-refractivity contribution in [2.45, 2.75) is 26.1 Å². The van der Waals surface area contributed by atoms with Gasteiger partial charge in [0.15, 0.2) is 11.1 Å². The van der Waals surface area contributed by atoms with Gasteiger partial charge in [-0.2, -0.15) is 9.61 Å². The Labute approximate surface area is 156 Å². The van der Waals surface area contributed by atoms with E-state index in [9.17, 15) is 14.4 Å². The molecule has 0 aliphatic carbocycles. The maximum atomic E-state index is 12.1. The minimum absolute atomic E-state index is 0.115. The highest BCUT2D eigenvalue weighted by molar-refractivity contribution is 7.16. The molecule has 0 fully saturated rings. The molecule has 3 heterocycles. The number of aryl methyl sites for hydroxylation is 1. The van der Waals surface area contributed by atoms with E-state index in [1.807, 2.05) is 0 Å². The van der Waals surface area contributed by atoms with E-state index in [0.717, 1.165) is 15.9 Å². The number of ether oxygens (including phenoxy) is 2. The largest absolute Gasteiger partial charge is 0.478 e. The van der Waals surface area contributed by atoms with E-state index in [1.54, 1.807) is 31.2 Å². The van der Waals surface area contributed by atoms with Gasteiger partial charge in [-0.05, 0) is 19.1 Å². The number of benzene rings is 1. The van der Waals surface area contributed by atoms with Crippen LogP contribution in [0.1, 0.15) is 17.1 Å². The number of amides is 1. The summed E-state index contributed by atoms with van der Waals surface area (Å²) in [5, 5.41) is 7.21. The third-order valence-electron chi connectivity index (χ3n) is 3.83. The molecular weight excluding hydrogens is 372 g/mol. The Morgan fingerprint density at radius 1 is 1.37 bits per heavy atom. The highest BCUT2D eigenvalue weighted by Gasteiger charge is 2.30. The number of rotatable bonds is 4. The zero-order valence-electron chi connectivity index (χ0n) is 14.2. The number of fused-ring (bicyclic) bond motifs is 2. The van der Waals surface area contributed by atoms with Gasteiger partial charge in [0.2, 0.25) is 4.96 Å². The van der Waals surface area contributed by atoms with Crippen molar-refractivity contribution >= 4 is 33.9 Å². The fourth-order valence-corrected chi connectivity index (χ4v) is 3.46. The Hall–Kier alpha value is -3.27. The Morgan fingerprint density at radius 3 is 3.04 bits per heavy atom. The van der Waals surface area contributed by atoms with Gasteiger partial charge in [0, 0.05) is 11.8 Å². The number of carbonyl (C=O) groups excluding carboxylic acids is 2. The molecule has 0 saturated heterocycles. The summed E-state index contributed by atoms with van der Waals surface area (Å²) in [7, 11) is 0. The van der Waals surface area contributed by atoms with Gasteiger partial charge in [0.25, 0.3) is 11.5 Å². The van der Waals surface area contributed by atoms with E-state index in [4.69, 9.17) is 9.47 Å². The normalized spacial score (nSPS) is 15.7. The smallest absolute Gasteiger partial charge is 0.310 e. The summed E-state index contributed by atoms with van der Waals surface area (Å²) >= 11 is 1.16. The molecule has 1 aliphatic rings. The summed E-state index contributed by atoms with van der Waals surface area (Å²) in [6.07, 6.45) is -1.20. The number of nitrogens with zero attached hydrogens (tertiary/aromatic N) is 3. The molecule has 1 aromatic carbocycles. The minimum atomic E-state index is -0.963. The SMILES string of the molecule is Cc1cc(=O)n2nc(COC(=O)CC3Oc4ccccc4NC3=O)sc2n1. The van der Waals surface area contributed by atoms with Gasteiger partial charge in [0.1, 0.15) is 12.4 Å². The molecule has 4 rings (SSSR count). The van der Waals surface area contributed by atoms with Crippen molar-refractivity contribution in [3.8, 4) is 5.75 Å². The highest BCUT2D eigenvalue weighted by Crippen LogP contribution is 2.29. The zero-order valence-corrected chi connectivity index (χ0v) is 15.0. The standard InChI is InChI=1S/C17H14N4O5S/c1-9-6-14(22)21-17(18-9)27-13(20-21)8-25-15(23)7-12-16(24)19-10-4-2-3-5-11(10)26-12/h2-6,12H,7-8H2,1H3,(H,19,24). The molecule has 138 valence electrons. The van der Waals surface area contributed by atoms with Crippen LogP contribution in [0.3, 0.4) is 0 Å². The number of hydrogen-bond donors (Lipinski definition) is 1. The quantitative estimate of drug-likeness (QED) is 0.673. The van der Waals surface area contributed by atoms with Gasteiger partial charge in [0.05, 0.1) is 12.1 Å². The number of nitrogens with one attached hydrogen (secondary N) is 1. The lowest BCUT2D eigenvalue weighted by Gasteiger charge is -2.25. The van der Waals surface area contributed by atoms with Crippen LogP contribution in [-0.2, 0) is 20.9 Å². The van der Waals surface area contributed by atoms with Gasteiger partial charge in [-0.15, -0.1) is 0 Å². The van der Waals surface area contributed by atoms with E-state index in [-0.39, 0.29) is 18.6 Å². The first-order valence-electron chi connectivity index (χ1n) is 8.08. The first-order chi connectivity index (χ1) is 13.0. The molecule has 1 unspecified atom stereocenters. The van der Waals surface area contributed by atoms with Crippen molar-refractivity contribution in [2.24, 2.45) is 0 Å². The van der Waals surface area contributed by atoms with Crippen LogP contribution in [0, 0.1) is 6.92 Å². The monoisotopic (exact) mass is 386 g/mol. The second-order valence-electron chi connectivity index (χ2n) is 5.88. The summed E-state index contributed by atoms with van der Waals surface area (Å²) in [6, 6.07) is 8.35. The third kappa shape index (κ3) is 3.51. The Balaban J connectivity index is 1.40. The lowest BCUT2D eigenvalue weighted by molar-refractivity contribution is -0.149. The van der Waals surface area contributed by atoms with Crippen LogP contribution in [0.2, 0.25) is 0 Å². The summed E-state index contributed by atoms with van der Waals surface area (Å²) in [5.41, 5.74) is 0.861. The van der Waals surface area contributed by atoms with Crippen LogP contribution in [0.5, 0.6) is 5.75 Å².